The van der Waals surface area contributed by atoms with Crippen LogP contribution in [-0.2, 0) is 17.9 Å². The summed E-state index contributed by atoms with van der Waals surface area (Å²) < 4.78 is 5.11. The Morgan fingerprint density at radius 1 is 0.947 bits per heavy atom. The molecule has 100 valence electrons. The Bertz CT molecular complexity index is 478. The molecule has 2 aromatic carbocycles. The van der Waals surface area contributed by atoms with E-state index < -0.39 is 0 Å². The summed E-state index contributed by atoms with van der Waals surface area (Å²) in [6.45, 7) is 3.74. The molecule has 0 saturated carbocycles. The Hall–Kier alpha value is -1.64. The highest BCUT2D eigenvalue weighted by molar-refractivity contribution is 5.23. The second-order valence-electron chi connectivity index (χ2n) is 4.76. The predicted octanol–water partition coefficient (Wildman–Crippen LogP) is 3.68. The Morgan fingerprint density at radius 2 is 1.58 bits per heavy atom. The molecule has 2 aromatic rings. The zero-order valence-electron chi connectivity index (χ0n) is 11.6. The topological polar surface area (TPSA) is 21.3 Å². The van der Waals surface area contributed by atoms with Crippen molar-refractivity contribution in [2.45, 2.75) is 26.1 Å². The van der Waals surface area contributed by atoms with E-state index in [1.807, 2.05) is 6.07 Å². The van der Waals surface area contributed by atoms with Gasteiger partial charge in [0, 0.05) is 19.7 Å². The second kappa shape index (κ2) is 7.07. The van der Waals surface area contributed by atoms with Gasteiger partial charge in [0.15, 0.2) is 0 Å². The SMILES string of the molecule is COCc1ccc(CNC(C)c2ccccc2)cc1. The van der Waals surface area contributed by atoms with Crippen LogP contribution in [0.2, 0.25) is 0 Å². The molecule has 1 atom stereocenters. The van der Waals surface area contributed by atoms with Crippen LogP contribution >= 0.6 is 0 Å². The summed E-state index contributed by atoms with van der Waals surface area (Å²) in [5.74, 6) is 0. The van der Waals surface area contributed by atoms with Crippen molar-refractivity contribution in [3.05, 3.63) is 71.3 Å². The molecule has 0 heterocycles. The van der Waals surface area contributed by atoms with Crippen LogP contribution in [0.1, 0.15) is 29.7 Å². The minimum atomic E-state index is 0.361. The third-order valence-corrected chi connectivity index (χ3v) is 3.25. The van der Waals surface area contributed by atoms with Gasteiger partial charge >= 0.3 is 0 Å². The molecule has 0 aromatic heterocycles. The average Bonchev–Trinajstić information content (AvgIpc) is 2.47. The summed E-state index contributed by atoms with van der Waals surface area (Å²) in [6, 6.07) is 19.4. The van der Waals surface area contributed by atoms with Crippen molar-refractivity contribution in [2.75, 3.05) is 7.11 Å². The van der Waals surface area contributed by atoms with E-state index in [-0.39, 0.29) is 0 Å². The lowest BCUT2D eigenvalue weighted by molar-refractivity contribution is 0.185. The third kappa shape index (κ3) is 4.19. The molecule has 0 aliphatic rings. The quantitative estimate of drug-likeness (QED) is 0.850. The van der Waals surface area contributed by atoms with Crippen LogP contribution in [0.4, 0.5) is 0 Å². The van der Waals surface area contributed by atoms with Crippen molar-refractivity contribution >= 4 is 0 Å². The number of rotatable bonds is 6. The van der Waals surface area contributed by atoms with E-state index in [2.05, 4.69) is 60.8 Å². The molecule has 0 aliphatic heterocycles. The molecule has 0 bridgehead atoms. The minimum absolute atomic E-state index is 0.361. The first-order chi connectivity index (χ1) is 9.29. The number of hydrogen-bond donors (Lipinski definition) is 1. The molecule has 0 aliphatic carbocycles. The van der Waals surface area contributed by atoms with E-state index in [0.717, 1.165) is 6.54 Å². The smallest absolute Gasteiger partial charge is 0.0713 e. The van der Waals surface area contributed by atoms with Crippen molar-refractivity contribution in [2.24, 2.45) is 0 Å². The normalized spacial score (nSPS) is 12.3. The summed E-state index contributed by atoms with van der Waals surface area (Å²) in [5, 5.41) is 3.54. The van der Waals surface area contributed by atoms with Gasteiger partial charge in [-0.1, -0.05) is 54.6 Å². The highest BCUT2D eigenvalue weighted by Gasteiger charge is 2.03. The molecule has 0 spiro atoms. The standard InChI is InChI=1S/C17H21NO/c1-14(17-6-4-3-5-7-17)18-12-15-8-10-16(11-9-15)13-19-2/h3-11,14,18H,12-13H2,1-2H3. The Kier molecular flexibility index (Phi) is 5.13. The zero-order chi connectivity index (χ0) is 13.5. The van der Waals surface area contributed by atoms with Gasteiger partial charge in [0.05, 0.1) is 6.61 Å². The van der Waals surface area contributed by atoms with Crippen molar-refractivity contribution in [3.8, 4) is 0 Å². The first kappa shape index (κ1) is 13.8. The van der Waals surface area contributed by atoms with Crippen molar-refractivity contribution < 1.29 is 4.74 Å². The maximum absolute atomic E-state index is 5.11. The van der Waals surface area contributed by atoms with Gasteiger partial charge in [0.1, 0.15) is 0 Å². The number of hydrogen-bond acceptors (Lipinski definition) is 2. The average molecular weight is 255 g/mol. The van der Waals surface area contributed by atoms with Gasteiger partial charge in [-0.15, -0.1) is 0 Å². The van der Waals surface area contributed by atoms with Crippen molar-refractivity contribution in [1.82, 2.24) is 5.32 Å². The first-order valence-corrected chi connectivity index (χ1v) is 6.64. The van der Waals surface area contributed by atoms with Crippen molar-refractivity contribution in [1.29, 1.82) is 0 Å². The molecular weight excluding hydrogens is 234 g/mol. The van der Waals surface area contributed by atoms with E-state index in [0.29, 0.717) is 12.6 Å². The van der Waals surface area contributed by atoms with Crippen molar-refractivity contribution in [3.63, 3.8) is 0 Å². The maximum Gasteiger partial charge on any atom is 0.0713 e. The molecule has 19 heavy (non-hydrogen) atoms. The summed E-state index contributed by atoms with van der Waals surface area (Å²) in [6.07, 6.45) is 0. The van der Waals surface area contributed by atoms with Gasteiger partial charge in [-0.05, 0) is 23.6 Å². The fourth-order valence-electron chi connectivity index (χ4n) is 2.05. The molecule has 2 rings (SSSR count). The van der Waals surface area contributed by atoms with Crippen LogP contribution < -0.4 is 5.32 Å². The number of nitrogens with one attached hydrogen (secondary N) is 1. The molecule has 0 radical (unpaired) electrons. The highest BCUT2D eigenvalue weighted by atomic mass is 16.5. The van der Waals surface area contributed by atoms with Gasteiger partial charge in [-0.25, -0.2) is 0 Å². The summed E-state index contributed by atoms with van der Waals surface area (Å²) >= 11 is 0. The molecule has 2 heteroatoms. The molecule has 1 unspecified atom stereocenters. The maximum atomic E-state index is 5.11. The Labute approximate surface area is 115 Å². The summed E-state index contributed by atoms with van der Waals surface area (Å²) in [7, 11) is 1.72. The number of benzene rings is 2. The zero-order valence-corrected chi connectivity index (χ0v) is 11.6. The van der Waals surface area contributed by atoms with E-state index in [1.165, 1.54) is 16.7 Å². The van der Waals surface area contributed by atoms with E-state index in [1.54, 1.807) is 7.11 Å². The summed E-state index contributed by atoms with van der Waals surface area (Å²) in [4.78, 5) is 0. The van der Waals surface area contributed by atoms with Crippen LogP contribution in [-0.4, -0.2) is 7.11 Å². The molecule has 2 nitrogen and oxygen atoms in total. The molecule has 0 amide bonds. The van der Waals surface area contributed by atoms with Crippen LogP contribution in [0.25, 0.3) is 0 Å². The van der Waals surface area contributed by atoms with Crippen LogP contribution in [0.3, 0.4) is 0 Å². The van der Waals surface area contributed by atoms with Gasteiger partial charge in [-0.3, -0.25) is 0 Å². The van der Waals surface area contributed by atoms with E-state index in [9.17, 15) is 0 Å². The summed E-state index contributed by atoms with van der Waals surface area (Å²) in [5.41, 5.74) is 3.82. The third-order valence-electron chi connectivity index (χ3n) is 3.25. The van der Waals surface area contributed by atoms with Crippen LogP contribution in [0.5, 0.6) is 0 Å². The number of ether oxygens (including phenoxy) is 1. The van der Waals surface area contributed by atoms with E-state index in [4.69, 9.17) is 4.74 Å². The number of methoxy groups -OCH3 is 1. The van der Waals surface area contributed by atoms with E-state index >= 15 is 0 Å². The monoisotopic (exact) mass is 255 g/mol. The Balaban J connectivity index is 1.88. The predicted molar refractivity (Wildman–Crippen MR) is 78.9 cm³/mol. The van der Waals surface area contributed by atoms with Gasteiger partial charge in [-0.2, -0.15) is 0 Å². The molecule has 0 fully saturated rings. The first-order valence-electron chi connectivity index (χ1n) is 6.64. The van der Waals surface area contributed by atoms with Crippen LogP contribution in [0, 0.1) is 0 Å². The minimum Gasteiger partial charge on any atom is -0.380 e. The fraction of sp³-hybridized carbons (Fsp3) is 0.294. The molecule has 1 N–H and O–H groups in total. The van der Waals surface area contributed by atoms with Gasteiger partial charge < -0.3 is 10.1 Å². The lowest BCUT2D eigenvalue weighted by Gasteiger charge is -2.14. The van der Waals surface area contributed by atoms with Gasteiger partial charge in [0.2, 0.25) is 0 Å². The largest absolute Gasteiger partial charge is 0.380 e. The lowest BCUT2D eigenvalue weighted by Crippen LogP contribution is -2.17. The molecular formula is C17H21NO. The van der Waals surface area contributed by atoms with Crippen LogP contribution in [0.15, 0.2) is 54.6 Å². The molecule has 0 saturated heterocycles. The lowest BCUT2D eigenvalue weighted by atomic mass is 10.1. The van der Waals surface area contributed by atoms with Gasteiger partial charge in [0.25, 0.3) is 0 Å². The fourth-order valence-corrected chi connectivity index (χ4v) is 2.05. The second-order valence-corrected chi connectivity index (χ2v) is 4.76. The Morgan fingerprint density at radius 3 is 2.21 bits per heavy atom. The highest BCUT2D eigenvalue weighted by Crippen LogP contribution is 2.12.